The standard InChI is InChI=1S/C17H20N8/c1-18-15-7-16(23-11-22-15)25-6-2-3-12(25)8-20-17-13-4-5-19-9-14(13)21-10-24-17/h4-5,7,9-12H,2-3,6,8H2,1H3,(H,18,22,23)(H,20,21,24). The molecule has 1 unspecified atom stereocenters. The molecule has 4 rings (SSSR count). The Morgan fingerprint density at radius 2 is 2.12 bits per heavy atom. The van der Waals surface area contributed by atoms with Crippen LogP contribution in [0.5, 0.6) is 0 Å². The van der Waals surface area contributed by atoms with Crippen molar-refractivity contribution in [1.29, 1.82) is 0 Å². The third-order valence-electron chi connectivity index (χ3n) is 4.52. The molecule has 8 heteroatoms. The Kier molecular flexibility index (Phi) is 4.24. The number of aromatic nitrogens is 5. The zero-order valence-electron chi connectivity index (χ0n) is 14.1. The van der Waals surface area contributed by atoms with Crippen molar-refractivity contribution in [3.63, 3.8) is 0 Å². The van der Waals surface area contributed by atoms with Crippen molar-refractivity contribution >= 4 is 28.4 Å². The highest BCUT2D eigenvalue weighted by atomic mass is 15.3. The van der Waals surface area contributed by atoms with E-state index in [0.717, 1.165) is 54.3 Å². The van der Waals surface area contributed by atoms with Gasteiger partial charge >= 0.3 is 0 Å². The molecule has 3 aromatic rings. The first-order valence-electron chi connectivity index (χ1n) is 8.40. The smallest absolute Gasteiger partial charge is 0.137 e. The van der Waals surface area contributed by atoms with Crippen LogP contribution in [0.4, 0.5) is 17.5 Å². The minimum Gasteiger partial charge on any atom is -0.373 e. The summed E-state index contributed by atoms with van der Waals surface area (Å²) in [6.07, 6.45) is 8.97. The van der Waals surface area contributed by atoms with Gasteiger partial charge in [-0.1, -0.05) is 0 Å². The molecule has 0 bridgehead atoms. The fourth-order valence-electron chi connectivity index (χ4n) is 3.25. The Morgan fingerprint density at radius 1 is 1.20 bits per heavy atom. The maximum Gasteiger partial charge on any atom is 0.137 e. The van der Waals surface area contributed by atoms with E-state index in [9.17, 15) is 0 Å². The second kappa shape index (κ2) is 6.84. The number of hydrogen-bond donors (Lipinski definition) is 2. The molecule has 0 spiro atoms. The number of pyridine rings is 1. The first-order chi connectivity index (χ1) is 12.3. The first-order valence-corrected chi connectivity index (χ1v) is 8.40. The van der Waals surface area contributed by atoms with Crippen molar-refractivity contribution in [3.05, 3.63) is 37.2 Å². The summed E-state index contributed by atoms with van der Waals surface area (Å²) in [6.45, 7) is 1.80. The van der Waals surface area contributed by atoms with Gasteiger partial charge in [0.25, 0.3) is 0 Å². The van der Waals surface area contributed by atoms with Crippen LogP contribution < -0.4 is 15.5 Å². The summed E-state index contributed by atoms with van der Waals surface area (Å²) in [5, 5.41) is 7.53. The number of rotatable bonds is 5. The predicted molar refractivity (Wildman–Crippen MR) is 97.8 cm³/mol. The summed E-state index contributed by atoms with van der Waals surface area (Å²) in [7, 11) is 1.87. The van der Waals surface area contributed by atoms with E-state index >= 15 is 0 Å². The maximum atomic E-state index is 4.44. The fourth-order valence-corrected chi connectivity index (χ4v) is 3.25. The Balaban J connectivity index is 1.51. The van der Waals surface area contributed by atoms with E-state index in [0.29, 0.717) is 6.04 Å². The Hall–Kier alpha value is -3.03. The topological polar surface area (TPSA) is 91.8 Å². The van der Waals surface area contributed by atoms with Crippen molar-refractivity contribution in [2.24, 2.45) is 0 Å². The molecule has 1 fully saturated rings. The lowest BCUT2D eigenvalue weighted by Crippen LogP contribution is -2.35. The van der Waals surface area contributed by atoms with E-state index in [1.807, 2.05) is 19.2 Å². The highest BCUT2D eigenvalue weighted by molar-refractivity contribution is 5.87. The molecule has 0 aromatic carbocycles. The molecule has 2 N–H and O–H groups in total. The van der Waals surface area contributed by atoms with Crippen molar-refractivity contribution < 1.29 is 0 Å². The zero-order valence-corrected chi connectivity index (χ0v) is 14.1. The summed E-state index contributed by atoms with van der Waals surface area (Å²) in [5.41, 5.74) is 0.845. The summed E-state index contributed by atoms with van der Waals surface area (Å²) in [6, 6.07) is 4.30. The van der Waals surface area contributed by atoms with E-state index < -0.39 is 0 Å². The lowest BCUT2D eigenvalue weighted by Gasteiger charge is -2.26. The van der Waals surface area contributed by atoms with Crippen LogP contribution in [0.1, 0.15) is 12.8 Å². The van der Waals surface area contributed by atoms with Crippen molar-refractivity contribution in [2.45, 2.75) is 18.9 Å². The van der Waals surface area contributed by atoms with E-state index in [1.165, 1.54) is 0 Å². The van der Waals surface area contributed by atoms with Gasteiger partial charge in [-0.2, -0.15) is 0 Å². The highest BCUT2D eigenvalue weighted by Crippen LogP contribution is 2.26. The average molecular weight is 336 g/mol. The van der Waals surface area contributed by atoms with Gasteiger partial charge in [-0.25, -0.2) is 19.9 Å². The van der Waals surface area contributed by atoms with E-state index in [-0.39, 0.29) is 0 Å². The van der Waals surface area contributed by atoms with Gasteiger partial charge in [0.05, 0.1) is 11.7 Å². The molecular formula is C17H20N8. The van der Waals surface area contributed by atoms with Crippen LogP contribution in [-0.4, -0.2) is 51.1 Å². The number of anilines is 3. The molecular weight excluding hydrogens is 316 g/mol. The largest absolute Gasteiger partial charge is 0.373 e. The van der Waals surface area contributed by atoms with Gasteiger partial charge in [0, 0.05) is 43.8 Å². The average Bonchev–Trinajstić information content (AvgIpc) is 3.15. The Morgan fingerprint density at radius 3 is 3.04 bits per heavy atom. The minimum absolute atomic E-state index is 0.367. The maximum absolute atomic E-state index is 4.44. The zero-order chi connectivity index (χ0) is 17.1. The monoisotopic (exact) mass is 336 g/mol. The van der Waals surface area contributed by atoms with Crippen LogP contribution in [0.2, 0.25) is 0 Å². The van der Waals surface area contributed by atoms with E-state index in [4.69, 9.17) is 0 Å². The molecule has 25 heavy (non-hydrogen) atoms. The van der Waals surface area contributed by atoms with Crippen molar-refractivity contribution in [3.8, 4) is 0 Å². The molecule has 3 aromatic heterocycles. The minimum atomic E-state index is 0.367. The highest BCUT2D eigenvalue weighted by Gasteiger charge is 2.26. The molecule has 1 saturated heterocycles. The van der Waals surface area contributed by atoms with Crippen LogP contribution in [0.25, 0.3) is 10.9 Å². The van der Waals surface area contributed by atoms with Crippen molar-refractivity contribution in [2.75, 3.05) is 35.7 Å². The second-order valence-electron chi connectivity index (χ2n) is 6.00. The third-order valence-corrected chi connectivity index (χ3v) is 4.52. The second-order valence-corrected chi connectivity index (χ2v) is 6.00. The fraction of sp³-hybridized carbons (Fsp3) is 0.353. The molecule has 8 nitrogen and oxygen atoms in total. The van der Waals surface area contributed by atoms with Crippen molar-refractivity contribution in [1.82, 2.24) is 24.9 Å². The molecule has 0 aliphatic carbocycles. The van der Waals surface area contributed by atoms with Crippen LogP contribution >= 0.6 is 0 Å². The Labute approximate surface area is 145 Å². The molecule has 0 saturated carbocycles. The lowest BCUT2D eigenvalue weighted by atomic mass is 10.2. The molecule has 1 aliphatic rings. The summed E-state index contributed by atoms with van der Waals surface area (Å²) in [4.78, 5) is 23.7. The molecule has 0 amide bonds. The molecule has 0 radical (unpaired) electrons. The first kappa shape index (κ1) is 15.5. The van der Waals surface area contributed by atoms with Gasteiger partial charge in [-0.3, -0.25) is 4.98 Å². The third kappa shape index (κ3) is 3.15. The van der Waals surface area contributed by atoms with Gasteiger partial charge in [-0.05, 0) is 18.9 Å². The summed E-state index contributed by atoms with van der Waals surface area (Å²) in [5.74, 6) is 2.64. The van der Waals surface area contributed by atoms with E-state index in [2.05, 4.69) is 40.5 Å². The van der Waals surface area contributed by atoms with Crippen LogP contribution in [0, 0.1) is 0 Å². The number of nitrogens with one attached hydrogen (secondary N) is 2. The van der Waals surface area contributed by atoms with Gasteiger partial charge in [0.1, 0.15) is 30.1 Å². The van der Waals surface area contributed by atoms with Crippen LogP contribution in [-0.2, 0) is 0 Å². The lowest BCUT2D eigenvalue weighted by molar-refractivity contribution is 0.689. The van der Waals surface area contributed by atoms with E-state index in [1.54, 1.807) is 25.0 Å². The Bertz CT molecular complexity index is 863. The summed E-state index contributed by atoms with van der Waals surface area (Å²) < 4.78 is 0. The number of nitrogens with zero attached hydrogens (tertiary/aromatic N) is 6. The van der Waals surface area contributed by atoms with Gasteiger partial charge < -0.3 is 15.5 Å². The number of fused-ring (bicyclic) bond motifs is 1. The molecule has 1 aliphatic heterocycles. The SMILES string of the molecule is CNc1cc(N2CCCC2CNc2ncnc3cnccc23)ncn1. The van der Waals surface area contributed by atoms with Crippen LogP contribution in [0.15, 0.2) is 37.2 Å². The van der Waals surface area contributed by atoms with Gasteiger partial charge in [0.15, 0.2) is 0 Å². The molecule has 128 valence electrons. The molecule has 4 heterocycles. The normalized spacial score (nSPS) is 17.0. The summed E-state index contributed by atoms with van der Waals surface area (Å²) >= 11 is 0. The number of hydrogen-bond acceptors (Lipinski definition) is 8. The van der Waals surface area contributed by atoms with Gasteiger partial charge in [0.2, 0.25) is 0 Å². The molecule has 1 atom stereocenters. The predicted octanol–water partition coefficient (Wildman–Crippen LogP) is 1.94. The van der Waals surface area contributed by atoms with Gasteiger partial charge in [-0.15, -0.1) is 0 Å². The van der Waals surface area contributed by atoms with Crippen LogP contribution in [0.3, 0.4) is 0 Å². The quantitative estimate of drug-likeness (QED) is 0.730.